The van der Waals surface area contributed by atoms with Crippen molar-refractivity contribution in [3.05, 3.63) is 45.6 Å². The van der Waals surface area contributed by atoms with Crippen molar-refractivity contribution >= 4 is 49.8 Å². The van der Waals surface area contributed by atoms with E-state index in [-0.39, 0.29) is 12.4 Å². The Bertz CT molecular complexity index is 880. The third-order valence-corrected chi connectivity index (χ3v) is 4.07. The maximum atomic E-state index is 11.6. The fraction of sp³-hybridized carbons (Fsp3) is 0.0769. The van der Waals surface area contributed by atoms with E-state index >= 15 is 0 Å². The second kappa shape index (κ2) is 7.79. The van der Waals surface area contributed by atoms with Crippen LogP contribution in [0, 0.1) is 0 Å². The highest BCUT2D eigenvalue weighted by molar-refractivity contribution is 9.10. The molecule has 128 valence electrons. The SMILES string of the molecule is O=C(COc1ccc(Cl)cc1Br)N/N=C\c1ccc(S(=O)(=O)O)o1. The molecule has 8 nitrogen and oxygen atoms in total. The summed E-state index contributed by atoms with van der Waals surface area (Å²) in [6.07, 6.45) is 1.07. The Labute approximate surface area is 150 Å². The number of nitrogens with one attached hydrogen (secondary N) is 1. The van der Waals surface area contributed by atoms with Gasteiger partial charge in [-0.25, -0.2) is 5.43 Å². The predicted molar refractivity (Wildman–Crippen MR) is 88.9 cm³/mol. The van der Waals surface area contributed by atoms with Gasteiger partial charge in [0.2, 0.25) is 5.09 Å². The number of benzene rings is 1. The van der Waals surface area contributed by atoms with Crippen molar-refractivity contribution in [2.75, 3.05) is 6.61 Å². The highest BCUT2D eigenvalue weighted by Crippen LogP contribution is 2.27. The van der Waals surface area contributed by atoms with Gasteiger partial charge in [0.25, 0.3) is 5.91 Å². The molecule has 0 fully saturated rings. The van der Waals surface area contributed by atoms with Crippen LogP contribution in [-0.2, 0) is 14.9 Å². The summed E-state index contributed by atoms with van der Waals surface area (Å²) < 4.78 is 41.1. The van der Waals surface area contributed by atoms with Crippen LogP contribution in [0.15, 0.2) is 49.4 Å². The molecule has 0 saturated heterocycles. The second-order valence-electron chi connectivity index (χ2n) is 4.29. The van der Waals surface area contributed by atoms with Crippen molar-refractivity contribution in [3.8, 4) is 5.75 Å². The van der Waals surface area contributed by atoms with E-state index in [1.165, 1.54) is 6.07 Å². The van der Waals surface area contributed by atoms with Crippen molar-refractivity contribution in [1.82, 2.24) is 5.43 Å². The summed E-state index contributed by atoms with van der Waals surface area (Å²) in [4.78, 5) is 11.6. The standard InChI is InChI=1S/C13H10BrClN2O6S/c14-10-5-8(15)1-3-11(10)22-7-12(18)17-16-6-9-2-4-13(23-9)24(19,20)21/h1-6H,7H2,(H,17,18)(H,19,20,21)/b16-6-. The molecule has 0 bridgehead atoms. The third-order valence-electron chi connectivity index (χ3n) is 2.49. The van der Waals surface area contributed by atoms with Crippen LogP contribution in [-0.4, -0.2) is 31.7 Å². The van der Waals surface area contributed by atoms with Crippen molar-refractivity contribution in [1.29, 1.82) is 0 Å². The van der Waals surface area contributed by atoms with Gasteiger partial charge in [0, 0.05) is 5.02 Å². The van der Waals surface area contributed by atoms with E-state index in [4.69, 9.17) is 25.3 Å². The van der Waals surface area contributed by atoms with Gasteiger partial charge >= 0.3 is 10.1 Å². The van der Waals surface area contributed by atoms with Crippen molar-refractivity contribution in [3.63, 3.8) is 0 Å². The fourth-order valence-electron chi connectivity index (χ4n) is 1.48. The largest absolute Gasteiger partial charge is 0.483 e. The number of ether oxygens (including phenoxy) is 1. The molecule has 2 rings (SSSR count). The maximum absolute atomic E-state index is 11.6. The van der Waals surface area contributed by atoms with E-state index in [0.29, 0.717) is 15.2 Å². The zero-order valence-electron chi connectivity index (χ0n) is 11.8. The number of amides is 1. The van der Waals surface area contributed by atoms with Gasteiger partial charge in [0.1, 0.15) is 11.5 Å². The quantitative estimate of drug-likeness (QED) is 0.407. The molecular weight excluding hydrogens is 428 g/mol. The molecular formula is C13H10BrClN2O6S. The van der Waals surface area contributed by atoms with Crippen molar-refractivity contribution in [2.45, 2.75) is 5.09 Å². The molecule has 0 aliphatic carbocycles. The molecule has 1 amide bonds. The first-order chi connectivity index (χ1) is 11.3. The van der Waals surface area contributed by atoms with Gasteiger partial charge in [-0.2, -0.15) is 13.5 Å². The molecule has 0 saturated carbocycles. The maximum Gasteiger partial charge on any atom is 0.328 e. The number of furan rings is 1. The predicted octanol–water partition coefficient (Wildman–Crippen LogP) is 2.47. The number of nitrogens with zero attached hydrogens (tertiary/aromatic N) is 1. The van der Waals surface area contributed by atoms with Gasteiger partial charge in [-0.05, 0) is 46.3 Å². The lowest BCUT2D eigenvalue weighted by Crippen LogP contribution is -2.24. The smallest absolute Gasteiger partial charge is 0.328 e. The van der Waals surface area contributed by atoms with Crippen molar-refractivity contribution in [2.24, 2.45) is 5.10 Å². The summed E-state index contributed by atoms with van der Waals surface area (Å²) in [5.74, 6) is -0.0821. The number of carbonyl (C=O) groups excluding carboxylic acids is 1. The molecule has 24 heavy (non-hydrogen) atoms. The molecule has 1 aromatic heterocycles. The van der Waals surface area contributed by atoms with E-state index in [1.54, 1.807) is 18.2 Å². The van der Waals surface area contributed by atoms with E-state index < -0.39 is 21.1 Å². The molecule has 2 aromatic rings. The summed E-state index contributed by atoms with van der Waals surface area (Å²) in [5, 5.41) is 3.48. The lowest BCUT2D eigenvalue weighted by atomic mass is 10.3. The minimum Gasteiger partial charge on any atom is -0.483 e. The van der Waals surface area contributed by atoms with Crippen LogP contribution in [0.5, 0.6) is 5.75 Å². The highest BCUT2D eigenvalue weighted by Gasteiger charge is 2.14. The number of hydrogen-bond donors (Lipinski definition) is 2. The Morgan fingerprint density at radius 2 is 2.17 bits per heavy atom. The molecule has 11 heteroatoms. The molecule has 1 heterocycles. The average Bonchev–Trinajstić information content (AvgIpc) is 2.95. The van der Waals surface area contributed by atoms with E-state index in [9.17, 15) is 13.2 Å². The van der Waals surface area contributed by atoms with E-state index in [2.05, 4.69) is 26.5 Å². The Morgan fingerprint density at radius 3 is 2.79 bits per heavy atom. The van der Waals surface area contributed by atoms with Crippen LogP contribution >= 0.6 is 27.5 Å². The summed E-state index contributed by atoms with van der Waals surface area (Å²) in [6, 6.07) is 7.15. The molecule has 2 N–H and O–H groups in total. The van der Waals surface area contributed by atoms with E-state index in [1.807, 2.05) is 0 Å². The van der Waals surface area contributed by atoms with E-state index in [0.717, 1.165) is 12.3 Å². The van der Waals surface area contributed by atoms with Gasteiger partial charge in [0.15, 0.2) is 6.61 Å². The number of carbonyl (C=O) groups is 1. The van der Waals surface area contributed by atoms with Crippen LogP contribution in [0.4, 0.5) is 0 Å². The van der Waals surface area contributed by atoms with Gasteiger partial charge in [-0.1, -0.05) is 11.6 Å². The summed E-state index contributed by atoms with van der Waals surface area (Å²) >= 11 is 9.04. The molecule has 0 atom stereocenters. The minimum atomic E-state index is -4.42. The number of halogens is 2. The zero-order chi connectivity index (χ0) is 17.7. The monoisotopic (exact) mass is 436 g/mol. The summed E-state index contributed by atoms with van der Waals surface area (Å²) in [5.41, 5.74) is 2.17. The first-order valence-electron chi connectivity index (χ1n) is 6.23. The van der Waals surface area contributed by atoms with Gasteiger partial charge < -0.3 is 9.15 Å². The van der Waals surface area contributed by atoms with Crippen molar-refractivity contribution < 1.29 is 26.9 Å². The van der Waals surface area contributed by atoms with Crippen LogP contribution < -0.4 is 10.2 Å². The highest BCUT2D eigenvalue weighted by atomic mass is 79.9. The lowest BCUT2D eigenvalue weighted by Gasteiger charge is -2.07. The number of rotatable bonds is 6. The molecule has 1 aromatic carbocycles. The van der Waals surface area contributed by atoms with Crippen LogP contribution in [0.2, 0.25) is 5.02 Å². The molecule has 0 aliphatic heterocycles. The molecule has 0 spiro atoms. The molecule has 0 radical (unpaired) electrons. The first kappa shape index (κ1) is 18.5. The normalized spacial score (nSPS) is 11.6. The summed E-state index contributed by atoms with van der Waals surface area (Å²) in [7, 11) is -4.42. The number of hydrazone groups is 1. The first-order valence-corrected chi connectivity index (χ1v) is 8.84. The zero-order valence-corrected chi connectivity index (χ0v) is 14.9. The van der Waals surface area contributed by atoms with Gasteiger partial charge in [-0.15, -0.1) is 0 Å². The Morgan fingerprint density at radius 1 is 1.42 bits per heavy atom. The Hall–Kier alpha value is -1.88. The van der Waals surface area contributed by atoms with Crippen LogP contribution in [0.3, 0.4) is 0 Å². The van der Waals surface area contributed by atoms with Gasteiger partial charge in [0.05, 0.1) is 10.7 Å². The molecule has 0 unspecified atom stereocenters. The third kappa shape index (κ3) is 5.34. The van der Waals surface area contributed by atoms with Gasteiger partial charge in [-0.3, -0.25) is 9.35 Å². The topological polar surface area (TPSA) is 118 Å². The summed E-state index contributed by atoms with van der Waals surface area (Å²) in [6.45, 7) is -0.300. The second-order valence-corrected chi connectivity index (χ2v) is 6.93. The average molecular weight is 438 g/mol. The fourth-order valence-corrected chi connectivity index (χ4v) is 2.72. The van der Waals surface area contributed by atoms with Crippen LogP contribution in [0.25, 0.3) is 0 Å². The minimum absolute atomic E-state index is 0.0317. The lowest BCUT2D eigenvalue weighted by molar-refractivity contribution is -0.123. The number of hydrogen-bond acceptors (Lipinski definition) is 6. The Balaban J connectivity index is 1.85. The Kier molecular flexibility index (Phi) is 5.99. The van der Waals surface area contributed by atoms with Crippen LogP contribution in [0.1, 0.15) is 5.76 Å². The molecule has 0 aliphatic rings.